The molecule has 0 bridgehead atoms. The quantitative estimate of drug-likeness (QED) is 0.590. The van der Waals surface area contributed by atoms with E-state index in [0.717, 1.165) is 18.0 Å². The molecule has 0 saturated carbocycles. The highest BCUT2D eigenvalue weighted by molar-refractivity contribution is 7.99. The number of halogens is 1. The zero-order valence-electron chi connectivity index (χ0n) is 12.1. The fraction of sp³-hybridized carbons (Fsp3) is 0.571. The SMILES string of the molecule is CCCNC(C)(CSc1ccc(Cl)cn1)C(=O)OCC. The molecule has 6 heteroatoms. The van der Waals surface area contributed by atoms with E-state index in [1.54, 1.807) is 12.3 Å². The first kappa shape index (κ1) is 17.3. The summed E-state index contributed by atoms with van der Waals surface area (Å²) in [7, 11) is 0. The second-order valence-corrected chi connectivity index (χ2v) is 6.01. The van der Waals surface area contributed by atoms with Gasteiger partial charge in [0.2, 0.25) is 0 Å². The van der Waals surface area contributed by atoms with Crippen LogP contribution in [-0.4, -0.2) is 35.4 Å². The molecule has 1 unspecified atom stereocenters. The molecular formula is C14H21ClN2O2S. The molecule has 4 nitrogen and oxygen atoms in total. The van der Waals surface area contributed by atoms with Gasteiger partial charge in [-0.3, -0.25) is 4.79 Å². The molecule has 0 spiro atoms. The first-order valence-electron chi connectivity index (χ1n) is 6.68. The number of hydrogen-bond donors (Lipinski definition) is 1. The lowest BCUT2D eigenvalue weighted by atomic mass is 10.1. The van der Waals surface area contributed by atoms with E-state index in [2.05, 4.69) is 17.2 Å². The Balaban J connectivity index is 2.68. The van der Waals surface area contributed by atoms with Crippen molar-refractivity contribution in [2.24, 2.45) is 0 Å². The lowest BCUT2D eigenvalue weighted by Gasteiger charge is -2.28. The second kappa shape index (κ2) is 8.49. The van der Waals surface area contributed by atoms with Crippen molar-refractivity contribution < 1.29 is 9.53 Å². The largest absolute Gasteiger partial charge is 0.465 e. The molecule has 112 valence electrons. The highest BCUT2D eigenvalue weighted by atomic mass is 35.5. The molecule has 0 aliphatic rings. The van der Waals surface area contributed by atoms with E-state index in [1.165, 1.54) is 11.8 Å². The van der Waals surface area contributed by atoms with Gasteiger partial charge in [-0.25, -0.2) is 4.98 Å². The fourth-order valence-electron chi connectivity index (χ4n) is 1.54. The first-order valence-corrected chi connectivity index (χ1v) is 8.04. The molecule has 0 radical (unpaired) electrons. The van der Waals surface area contributed by atoms with Gasteiger partial charge in [0, 0.05) is 11.9 Å². The molecule has 1 N–H and O–H groups in total. The summed E-state index contributed by atoms with van der Waals surface area (Å²) in [5, 5.41) is 4.70. The van der Waals surface area contributed by atoms with E-state index in [1.807, 2.05) is 19.9 Å². The average Bonchev–Trinajstić information content (AvgIpc) is 2.45. The molecule has 0 saturated heterocycles. The van der Waals surface area contributed by atoms with Gasteiger partial charge in [0.25, 0.3) is 0 Å². The Labute approximate surface area is 129 Å². The fourth-order valence-corrected chi connectivity index (χ4v) is 2.60. The van der Waals surface area contributed by atoms with Crippen LogP contribution in [0.25, 0.3) is 0 Å². The van der Waals surface area contributed by atoms with E-state index >= 15 is 0 Å². The Morgan fingerprint density at radius 2 is 2.25 bits per heavy atom. The van der Waals surface area contributed by atoms with Crippen molar-refractivity contribution in [2.75, 3.05) is 18.9 Å². The standard InChI is InChI=1S/C14H21ClN2O2S/c1-4-8-17-14(3,13(18)19-5-2)10-20-12-7-6-11(15)9-16-12/h6-7,9,17H,4-5,8,10H2,1-3H3. The number of carbonyl (C=O) groups is 1. The highest BCUT2D eigenvalue weighted by Crippen LogP contribution is 2.23. The Kier molecular flexibility index (Phi) is 7.34. The van der Waals surface area contributed by atoms with Gasteiger partial charge in [0.1, 0.15) is 5.54 Å². The van der Waals surface area contributed by atoms with Gasteiger partial charge in [-0.15, -0.1) is 11.8 Å². The summed E-state index contributed by atoms with van der Waals surface area (Å²) in [6.07, 6.45) is 2.56. The number of hydrogen-bond acceptors (Lipinski definition) is 5. The van der Waals surface area contributed by atoms with Crippen LogP contribution in [0.15, 0.2) is 23.4 Å². The number of ether oxygens (including phenoxy) is 1. The monoisotopic (exact) mass is 316 g/mol. The minimum Gasteiger partial charge on any atom is -0.465 e. The lowest BCUT2D eigenvalue weighted by molar-refractivity contribution is -0.149. The zero-order chi connectivity index (χ0) is 15.0. The van der Waals surface area contributed by atoms with Gasteiger partial charge in [-0.2, -0.15) is 0 Å². The zero-order valence-corrected chi connectivity index (χ0v) is 13.7. The predicted octanol–water partition coefficient (Wildman–Crippen LogP) is 3.15. The van der Waals surface area contributed by atoms with Crippen LogP contribution in [0.4, 0.5) is 0 Å². The van der Waals surface area contributed by atoms with Gasteiger partial charge in [-0.1, -0.05) is 18.5 Å². The summed E-state index contributed by atoms with van der Waals surface area (Å²) >= 11 is 7.31. The Bertz CT molecular complexity index is 428. The van der Waals surface area contributed by atoms with E-state index in [9.17, 15) is 4.79 Å². The van der Waals surface area contributed by atoms with E-state index in [4.69, 9.17) is 16.3 Å². The molecule has 1 heterocycles. The van der Waals surface area contributed by atoms with E-state index in [-0.39, 0.29) is 5.97 Å². The summed E-state index contributed by atoms with van der Waals surface area (Å²) in [4.78, 5) is 16.3. The highest BCUT2D eigenvalue weighted by Gasteiger charge is 2.34. The van der Waals surface area contributed by atoms with Crippen LogP contribution in [0.2, 0.25) is 5.02 Å². The normalized spacial score (nSPS) is 13.8. The van der Waals surface area contributed by atoms with Crippen molar-refractivity contribution in [3.05, 3.63) is 23.4 Å². The Morgan fingerprint density at radius 3 is 2.80 bits per heavy atom. The molecule has 1 aromatic rings. The van der Waals surface area contributed by atoms with Gasteiger partial charge in [-0.05, 0) is 38.9 Å². The molecule has 20 heavy (non-hydrogen) atoms. The van der Waals surface area contributed by atoms with E-state index in [0.29, 0.717) is 17.4 Å². The van der Waals surface area contributed by atoms with Crippen molar-refractivity contribution in [1.29, 1.82) is 0 Å². The Morgan fingerprint density at radius 1 is 1.50 bits per heavy atom. The lowest BCUT2D eigenvalue weighted by Crippen LogP contribution is -2.52. The third-order valence-electron chi connectivity index (χ3n) is 2.70. The van der Waals surface area contributed by atoms with Gasteiger partial charge < -0.3 is 10.1 Å². The molecule has 1 rings (SSSR count). The van der Waals surface area contributed by atoms with Crippen molar-refractivity contribution in [3.63, 3.8) is 0 Å². The maximum atomic E-state index is 12.1. The van der Waals surface area contributed by atoms with Crippen LogP contribution in [0.1, 0.15) is 27.2 Å². The number of nitrogens with one attached hydrogen (secondary N) is 1. The summed E-state index contributed by atoms with van der Waals surface area (Å²) in [6.45, 7) is 6.89. The molecular weight excluding hydrogens is 296 g/mol. The van der Waals surface area contributed by atoms with Crippen molar-refractivity contribution >= 4 is 29.3 Å². The summed E-state index contributed by atoms with van der Waals surface area (Å²) in [5.74, 6) is 0.329. The maximum Gasteiger partial charge on any atom is 0.326 e. The molecule has 0 fully saturated rings. The van der Waals surface area contributed by atoms with Crippen LogP contribution in [0, 0.1) is 0 Å². The van der Waals surface area contributed by atoms with Gasteiger partial charge >= 0.3 is 5.97 Å². The number of carbonyl (C=O) groups excluding carboxylic acids is 1. The predicted molar refractivity (Wildman–Crippen MR) is 83.3 cm³/mol. The molecule has 0 amide bonds. The number of esters is 1. The van der Waals surface area contributed by atoms with Crippen molar-refractivity contribution in [1.82, 2.24) is 10.3 Å². The molecule has 0 aliphatic carbocycles. The van der Waals surface area contributed by atoms with Crippen LogP contribution in [0.3, 0.4) is 0 Å². The van der Waals surface area contributed by atoms with Crippen LogP contribution >= 0.6 is 23.4 Å². The average molecular weight is 317 g/mol. The van der Waals surface area contributed by atoms with E-state index < -0.39 is 5.54 Å². The number of nitrogens with zero attached hydrogens (tertiary/aromatic N) is 1. The number of thioether (sulfide) groups is 1. The van der Waals surface area contributed by atoms with Crippen LogP contribution in [-0.2, 0) is 9.53 Å². The molecule has 1 atom stereocenters. The number of aromatic nitrogens is 1. The summed E-state index contributed by atoms with van der Waals surface area (Å²) < 4.78 is 5.16. The number of pyridine rings is 1. The van der Waals surface area contributed by atoms with Crippen molar-refractivity contribution in [3.8, 4) is 0 Å². The minimum atomic E-state index is -0.710. The molecule has 1 aromatic heterocycles. The van der Waals surface area contributed by atoms with Gasteiger partial charge in [0.15, 0.2) is 0 Å². The van der Waals surface area contributed by atoms with Crippen LogP contribution < -0.4 is 5.32 Å². The van der Waals surface area contributed by atoms with Crippen molar-refractivity contribution in [2.45, 2.75) is 37.8 Å². The summed E-state index contributed by atoms with van der Waals surface area (Å²) in [6, 6.07) is 3.64. The second-order valence-electron chi connectivity index (χ2n) is 4.58. The third-order valence-corrected chi connectivity index (χ3v) is 4.18. The maximum absolute atomic E-state index is 12.1. The minimum absolute atomic E-state index is 0.227. The first-order chi connectivity index (χ1) is 9.51. The van der Waals surface area contributed by atoms with Crippen LogP contribution in [0.5, 0.6) is 0 Å². The van der Waals surface area contributed by atoms with Gasteiger partial charge in [0.05, 0.1) is 16.7 Å². The topological polar surface area (TPSA) is 51.2 Å². The molecule has 0 aliphatic heterocycles. The number of rotatable bonds is 8. The summed E-state index contributed by atoms with van der Waals surface area (Å²) in [5.41, 5.74) is -0.710. The third kappa shape index (κ3) is 5.31. The Hall–Kier alpha value is -0.780. The smallest absolute Gasteiger partial charge is 0.326 e. The molecule has 0 aromatic carbocycles.